The van der Waals surface area contributed by atoms with Crippen LogP contribution in [0.2, 0.25) is 0 Å². The normalized spacial score (nSPS) is 24.7. The molecule has 8 amide bonds. The number of nitrogens with zero attached hydrogens (tertiary/aromatic N) is 4. The van der Waals surface area contributed by atoms with Gasteiger partial charge >= 0.3 is 0 Å². The Bertz CT molecular complexity index is 2400. The van der Waals surface area contributed by atoms with E-state index in [1.165, 1.54) is 4.90 Å². The van der Waals surface area contributed by atoms with Gasteiger partial charge in [-0.1, -0.05) is 74.0 Å². The number of benzene rings is 2. The molecule has 21 heteroatoms. The molecular formula is C45H59N13O8. The Kier molecular flexibility index (Phi) is 16.2. The van der Waals surface area contributed by atoms with Crippen molar-refractivity contribution in [2.75, 3.05) is 13.1 Å². The van der Waals surface area contributed by atoms with Crippen molar-refractivity contribution in [3.8, 4) is 0 Å². The zero-order valence-electron chi connectivity index (χ0n) is 37.0. The second-order valence-electron chi connectivity index (χ2n) is 17.0. The van der Waals surface area contributed by atoms with Crippen molar-refractivity contribution in [3.63, 3.8) is 0 Å². The Morgan fingerprint density at radius 2 is 1.56 bits per heavy atom. The minimum atomic E-state index is -1.54. The number of hydrogen-bond acceptors (Lipinski definition) is 11. The first-order valence-corrected chi connectivity index (χ1v) is 22.2. The number of nitrogens with one attached hydrogen (secondary N) is 6. The Hall–Kier alpha value is -7.16. The number of aromatic nitrogens is 4. The molecule has 21 nitrogen and oxygen atoms in total. The van der Waals surface area contributed by atoms with Crippen molar-refractivity contribution >= 4 is 58.2 Å². The number of carbonyl (C=O) groups is 8. The summed E-state index contributed by atoms with van der Waals surface area (Å²) >= 11 is 0. The van der Waals surface area contributed by atoms with Crippen LogP contribution in [0.3, 0.4) is 0 Å². The molecule has 66 heavy (non-hydrogen) atoms. The van der Waals surface area contributed by atoms with Gasteiger partial charge in [-0.3, -0.25) is 38.4 Å². The van der Waals surface area contributed by atoms with E-state index < -0.39 is 102 Å². The Labute approximate surface area is 381 Å². The molecule has 2 aliphatic heterocycles. The van der Waals surface area contributed by atoms with Crippen LogP contribution in [0.25, 0.3) is 10.9 Å². The van der Waals surface area contributed by atoms with Crippen LogP contribution in [0.1, 0.15) is 75.2 Å². The number of amides is 8. The van der Waals surface area contributed by atoms with Crippen LogP contribution in [0.5, 0.6) is 0 Å². The van der Waals surface area contributed by atoms with Gasteiger partial charge in [0.1, 0.15) is 30.2 Å². The second-order valence-corrected chi connectivity index (χ2v) is 17.0. The molecule has 0 unspecified atom stereocenters. The summed E-state index contributed by atoms with van der Waals surface area (Å²) in [4.78, 5) is 113. The van der Waals surface area contributed by atoms with Gasteiger partial charge in [0.15, 0.2) is 0 Å². The average Bonchev–Trinajstić information content (AvgIpc) is 4.07. The zero-order chi connectivity index (χ0) is 47.5. The summed E-state index contributed by atoms with van der Waals surface area (Å²) in [5.41, 5.74) is 20.6. The maximum atomic E-state index is 15.0. The van der Waals surface area contributed by atoms with Crippen LogP contribution in [0.15, 0.2) is 67.0 Å². The summed E-state index contributed by atoms with van der Waals surface area (Å²) in [5, 5.41) is 22.8. The number of hydrogen-bond donors (Lipinski definition) is 9. The first-order valence-electron chi connectivity index (χ1n) is 22.2. The SMILES string of the molecule is CC[C@H](C)[C@@H]1NC(=O)[C@H](CC(N)=O)NC(=O)[C@@H](N)CCC(=O)NCC[C@@H](C(N)=O)NC(=O)[C@H](Cc2c[nH]c3ccccc23)NC(=O)[C@@H]2C[C@H](n3cc(CCc4ccccc4)nn3)CN2C1=O. The minimum Gasteiger partial charge on any atom is -0.370 e. The second kappa shape index (κ2) is 22.2. The highest BCUT2D eigenvalue weighted by Gasteiger charge is 2.45. The number of aryl methyl sites for hydroxylation is 2. The van der Waals surface area contributed by atoms with E-state index in [1.54, 1.807) is 30.9 Å². The van der Waals surface area contributed by atoms with Gasteiger partial charge in [0.2, 0.25) is 47.3 Å². The van der Waals surface area contributed by atoms with Crippen LogP contribution >= 0.6 is 0 Å². The van der Waals surface area contributed by atoms with Crippen LogP contribution < -0.4 is 43.8 Å². The van der Waals surface area contributed by atoms with Crippen molar-refractivity contribution < 1.29 is 38.4 Å². The van der Waals surface area contributed by atoms with Crippen molar-refractivity contribution in [3.05, 3.63) is 83.8 Å². The molecule has 0 bridgehead atoms. The first-order chi connectivity index (χ1) is 31.6. The maximum Gasteiger partial charge on any atom is 0.246 e. The molecule has 4 aromatic rings. The van der Waals surface area contributed by atoms with Crippen LogP contribution in [-0.4, -0.2) is 121 Å². The van der Waals surface area contributed by atoms with E-state index in [2.05, 4.69) is 41.9 Å². The molecule has 4 heterocycles. The van der Waals surface area contributed by atoms with Gasteiger partial charge in [0.05, 0.1) is 24.2 Å². The van der Waals surface area contributed by atoms with Crippen LogP contribution in [0, 0.1) is 5.92 Å². The van der Waals surface area contributed by atoms with E-state index in [1.807, 2.05) is 54.6 Å². The highest BCUT2D eigenvalue weighted by atomic mass is 16.2. The molecule has 2 aromatic carbocycles. The number of para-hydroxylation sites is 1. The topological polar surface area (TPSA) is 325 Å². The van der Waals surface area contributed by atoms with Gasteiger partial charge < -0.3 is 53.7 Å². The van der Waals surface area contributed by atoms with E-state index in [4.69, 9.17) is 17.2 Å². The summed E-state index contributed by atoms with van der Waals surface area (Å²) in [7, 11) is 0. The largest absolute Gasteiger partial charge is 0.370 e. The monoisotopic (exact) mass is 909 g/mol. The minimum absolute atomic E-state index is 0.0313. The van der Waals surface area contributed by atoms with Gasteiger partial charge in [0, 0.05) is 55.6 Å². The van der Waals surface area contributed by atoms with Gasteiger partial charge in [-0.05, 0) is 48.8 Å². The summed E-state index contributed by atoms with van der Waals surface area (Å²) in [6, 6.07) is 8.75. The Morgan fingerprint density at radius 3 is 2.29 bits per heavy atom. The summed E-state index contributed by atoms with van der Waals surface area (Å²) in [6.07, 6.45) is 3.97. The number of carbonyl (C=O) groups excluding carboxylic acids is 8. The van der Waals surface area contributed by atoms with E-state index in [0.717, 1.165) is 16.5 Å². The third-order valence-corrected chi connectivity index (χ3v) is 12.3. The van der Waals surface area contributed by atoms with Crippen molar-refractivity contribution in [2.45, 2.75) is 114 Å². The number of rotatable bonds is 11. The van der Waals surface area contributed by atoms with Crippen LogP contribution in [0.4, 0.5) is 0 Å². The van der Waals surface area contributed by atoms with E-state index in [9.17, 15) is 38.4 Å². The lowest BCUT2D eigenvalue weighted by molar-refractivity contribution is -0.143. The lowest BCUT2D eigenvalue weighted by atomic mass is 9.96. The lowest BCUT2D eigenvalue weighted by Crippen LogP contribution is -2.61. The smallest absolute Gasteiger partial charge is 0.246 e. The molecule has 0 spiro atoms. The fourth-order valence-corrected chi connectivity index (χ4v) is 8.24. The predicted molar refractivity (Wildman–Crippen MR) is 240 cm³/mol. The summed E-state index contributed by atoms with van der Waals surface area (Å²) in [6.45, 7) is 3.38. The molecule has 2 aromatic heterocycles. The molecule has 352 valence electrons. The third-order valence-electron chi connectivity index (χ3n) is 12.3. The predicted octanol–water partition coefficient (Wildman–Crippen LogP) is -1.10. The lowest BCUT2D eigenvalue weighted by Gasteiger charge is -2.33. The molecule has 2 fully saturated rings. The highest BCUT2D eigenvalue weighted by Crippen LogP contribution is 2.30. The molecular weight excluding hydrogens is 851 g/mol. The molecule has 0 radical (unpaired) electrons. The number of fused-ring (bicyclic) bond motifs is 2. The third kappa shape index (κ3) is 12.3. The zero-order valence-corrected chi connectivity index (χ0v) is 37.0. The van der Waals surface area contributed by atoms with Crippen molar-refractivity contribution in [1.82, 2.24) is 51.5 Å². The first kappa shape index (κ1) is 48.3. The average molecular weight is 910 g/mol. The van der Waals surface area contributed by atoms with E-state index in [-0.39, 0.29) is 45.2 Å². The summed E-state index contributed by atoms with van der Waals surface area (Å²) in [5.74, 6) is -6.75. The van der Waals surface area contributed by atoms with Gasteiger partial charge in [-0.2, -0.15) is 0 Å². The van der Waals surface area contributed by atoms with E-state index in [0.29, 0.717) is 30.5 Å². The fraction of sp³-hybridized carbons (Fsp3) is 0.467. The highest BCUT2D eigenvalue weighted by molar-refractivity contribution is 5.98. The molecule has 6 rings (SSSR count). The van der Waals surface area contributed by atoms with Gasteiger partial charge in [-0.25, -0.2) is 4.68 Å². The Balaban J connectivity index is 1.37. The van der Waals surface area contributed by atoms with Gasteiger partial charge in [-0.15, -0.1) is 5.10 Å². The number of aromatic amines is 1. The molecule has 12 N–H and O–H groups in total. The van der Waals surface area contributed by atoms with E-state index >= 15 is 0 Å². The van der Waals surface area contributed by atoms with Crippen molar-refractivity contribution in [1.29, 1.82) is 0 Å². The molecule has 0 aliphatic carbocycles. The standard InChI is InChI=1S/C45H59N13O8/c1-3-25(2)39-45(66)57-24-29(58-23-28(55-56-58)14-13-26-9-5-4-6-10-26)20-36(57)44(65)53-34(19-27-22-50-32-12-8-7-11-30(27)32)42(63)51-33(40(48)61)17-18-49-38(60)16-15-31(46)41(62)52-35(21-37(47)59)43(64)54-39/h4-12,22-23,25,29,31,33-36,39,50H,3,13-21,24,46H2,1-2H3,(H2,47,59)(H2,48,61)(H,49,60)(H,51,63)(H,52,62)(H,53,65)(H,54,64)/t25-,29-,31-,33-,34-,35-,36-,39-/m0/s1. The number of primary amides is 2. The summed E-state index contributed by atoms with van der Waals surface area (Å²) < 4.78 is 1.60. The molecule has 8 atom stereocenters. The van der Waals surface area contributed by atoms with Crippen LogP contribution in [-0.2, 0) is 57.6 Å². The molecule has 0 saturated carbocycles. The van der Waals surface area contributed by atoms with Crippen molar-refractivity contribution in [2.24, 2.45) is 23.1 Å². The number of nitrogens with two attached hydrogens (primary N) is 3. The molecule has 2 aliphatic rings. The fourth-order valence-electron chi connectivity index (χ4n) is 8.24. The molecule has 2 saturated heterocycles. The van der Waals surface area contributed by atoms with Gasteiger partial charge in [0.25, 0.3) is 0 Å². The number of H-pyrrole nitrogens is 1. The quantitative estimate of drug-likeness (QED) is 0.0870. The maximum absolute atomic E-state index is 15.0. The Morgan fingerprint density at radius 1 is 0.848 bits per heavy atom.